The van der Waals surface area contributed by atoms with E-state index in [2.05, 4.69) is 4.99 Å². The van der Waals surface area contributed by atoms with Crippen LogP contribution in [0.5, 0.6) is 0 Å². The van der Waals surface area contributed by atoms with Crippen molar-refractivity contribution in [1.29, 1.82) is 0 Å². The first-order chi connectivity index (χ1) is 7.11. The molecule has 1 aliphatic heterocycles. The number of nitrogens with two attached hydrogens (primary N) is 1. The van der Waals surface area contributed by atoms with Crippen molar-refractivity contribution in [3.05, 3.63) is 29.8 Å². The molecule has 1 heterocycles. The van der Waals surface area contributed by atoms with E-state index >= 15 is 0 Å². The zero-order chi connectivity index (χ0) is 11.0. The molecule has 0 aliphatic carbocycles. The average molecular weight is 203 g/mol. The zero-order valence-corrected chi connectivity index (χ0v) is 8.77. The molecule has 2 N–H and O–H groups in total. The summed E-state index contributed by atoms with van der Waals surface area (Å²) in [6.07, 6.45) is -0.789. The molecular formula is C11H13N3O. The minimum absolute atomic E-state index is 0.181. The fraction of sp³-hybridized carbons (Fsp3) is 0.273. The minimum atomic E-state index is -0.789. The third-order valence-corrected chi connectivity index (χ3v) is 2.57. The summed E-state index contributed by atoms with van der Waals surface area (Å²) >= 11 is 0. The van der Waals surface area contributed by atoms with Crippen LogP contribution in [0.3, 0.4) is 0 Å². The van der Waals surface area contributed by atoms with Crippen LogP contribution in [0.25, 0.3) is 0 Å². The molecule has 1 aliphatic rings. The third-order valence-electron chi connectivity index (χ3n) is 2.57. The van der Waals surface area contributed by atoms with Crippen LogP contribution in [-0.2, 0) is 4.79 Å². The molecule has 0 bridgehead atoms. The van der Waals surface area contributed by atoms with E-state index in [-0.39, 0.29) is 5.91 Å². The molecule has 1 aromatic carbocycles. The molecule has 78 valence electrons. The van der Waals surface area contributed by atoms with Crippen LogP contribution in [0.2, 0.25) is 0 Å². The standard InChI is InChI=1S/C11H13N3O/c1-7-8-5-3-4-6-9(8)14(2)11(15)10(12)13-7/h3-6,10H,12H2,1-2H3. The number of hydrogen-bond acceptors (Lipinski definition) is 3. The van der Waals surface area contributed by atoms with Crippen molar-refractivity contribution < 1.29 is 4.79 Å². The summed E-state index contributed by atoms with van der Waals surface area (Å²) in [6.45, 7) is 1.87. The van der Waals surface area contributed by atoms with Crippen LogP contribution in [-0.4, -0.2) is 24.8 Å². The van der Waals surface area contributed by atoms with Gasteiger partial charge in [0.25, 0.3) is 5.91 Å². The lowest BCUT2D eigenvalue weighted by atomic mass is 10.1. The van der Waals surface area contributed by atoms with Crippen LogP contribution in [0.4, 0.5) is 5.69 Å². The number of hydrogen-bond donors (Lipinski definition) is 1. The van der Waals surface area contributed by atoms with Gasteiger partial charge in [-0.1, -0.05) is 18.2 Å². The fourth-order valence-electron chi connectivity index (χ4n) is 1.72. The number of nitrogens with zero attached hydrogens (tertiary/aromatic N) is 2. The maximum atomic E-state index is 11.7. The molecule has 0 fully saturated rings. The van der Waals surface area contributed by atoms with Gasteiger partial charge in [-0.15, -0.1) is 0 Å². The van der Waals surface area contributed by atoms with Gasteiger partial charge in [0.15, 0.2) is 6.17 Å². The monoisotopic (exact) mass is 203 g/mol. The number of carbonyl (C=O) groups is 1. The lowest BCUT2D eigenvalue weighted by molar-refractivity contribution is -0.119. The second-order valence-corrected chi connectivity index (χ2v) is 3.57. The van der Waals surface area contributed by atoms with Gasteiger partial charge in [-0.3, -0.25) is 9.79 Å². The van der Waals surface area contributed by atoms with Crippen molar-refractivity contribution >= 4 is 17.3 Å². The second-order valence-electron chi connectivity index (χ2n) is 3.57. The molecule has 1 atom stereocenters. The van der Waals surface area contributed by atoms with Gasteiger partial charge in [0, 0.05) is 18.3 Å². The Kier molecular flexibility index (Phi) is 2.28. The van der Waals surface area contributed by atoms with Gasteiger partial charge < -0.3 is 10.6 Å². The summed E-state index contributed by atoms with van der Waals surface area (Å²) in [5.74, 6) is -0.181. The van der Waals surface area contributed by atoms with E-state index in [0.29, 0.717) is 0 Å². The number of fused-ring (bicyclic) bond motifs is 1. The molecule has 1 aromatic rings. The highest BCUT2D eigenvalue weighted by Crippen LogP contribution is 2.23. The molecule has 4 nitrogen and oxygen atoms in total. The average Bonchev–Trinajstić information content (AvgIpc) is 2.33. The van der Waals surface area contributed by atoms with E-state index in [4.69, 9.17) is 5.73 Å². The minimum Gasteiger partial charge on any atom is -0.312 e. The predicted octanol–water partition coefficient (Wildman–Crippen LogP) is 0.757. The van der Waals surface area contributed by atoms with Crippen molar-refractivity contribution in [2.75, 3.05) is 11.9 Å². The third kappa shape index (κ3) is 1.53. The molecule has 4 heteroatoms. The van der Waals surface area contributed by atoms with E-state index in [1.165, 1.54) is 0 Å². The Hall–Kier alpha value is -1.68. The fourth-order valence-corrected chi connectivity index (χ4v) is 1.72. The van der Waals surface area contributed by atoms with Crippen molar-refractivity contribution in [1.82, 2.24) is 0 Å². The normalized spacial score (nSPS) is 20.7. The van der Waals surface area contributed by atoms with Crippen molar-refractivity contribution in [3.8, 4) is 0 Å². The smallest absolute Gasteiger partial charge is 0.266 e. The van der Waals surface area contributed by atoms with E-state index in [9.17, 15) is 4.79 Å². The molecule has 0 spiro atoms. The Morgan fingerprint density at radius 1 is 1.40 bits per heavy atom. The highest BCUT2D eigenvalue weighted by molar-refractivity contribution is 6.11. The molecule has 15 heavy (non-hydrogen) atoms. The number of aliphatic imine (C=N–C) groups is 1. The topological polar surface area (TPSA) is 58.7 Å². The molecule has 0 radical (unpaired) electrons. The van der Waals surface area contributed by atoms with Gasteiger partial charge in [0.05, 0.1) is 5.69 Å². The van der Waals surface area contributed by atoms with Crippen LogP contribution >= 0.6 is 0 Å². The number of benzene rings is 1. The van der Waals surface area contributed by atoms with E-state index in [1.54, 1.807) is 11.9 Å². The van der Waals surface area contributed by atoms with Gasteiger partial charge in [-0.05, 0) is 13.0 Å². The SMILES string of the molecule is CC1=NC(N)C(=O)N(C)c2ccccc21. The first-order valence-electron chi connectivity index (χ1n) is 4.78. The Bertz CT molecular complexity index is 439. The van der Waals surface area contributed by atoms with Crippen molar-refractivity contribution in [3.63, 3.8) is 0 Å². The maximum Gasteiger partial charge on any atom is 0.266 e. The van der Waals surface area contributed by atoms with Crippen LogP contribution in [0, 0.1) is 0 Å². The number of rotatable bonds is 0. The largest absolute Gasteiger partial charge is 0.312 e. The molecule has 0 aromatic heterocycles. The van der Waals surface area contributed by atoms with Gasteiger partial charge >= 0.3 is 0 Å². The molecule has 2 rings (SSSR count). The van der Waals surface area contributed by atoms with Crippen molar-refractivity contribution in [2.24, 2.45) is 10.7 Å². The Labute approximate surface area is 88.4 Å². The van der Waals surface area contributed by atoms with Gasteiger partial charge in [-0.2, -0.15) is 0 Å². The molecule has 0 saturated heterocycles. The van der Waals surface area contributed by atoms with Gasteiger partial charge in [0.2, 0.25) is 0 Å². The maximum absolute atomic E-state index is 11.7. The highest BCUT2D eigenvalue weighted by atomic mass is 16.2. The first kappa shape index (κ1) is 9.86. The lowest BCUT2D eigenvalue weighted by Crippen LogP contribution is -2.39. The second kappa shape index (κ2) is 3.47. The number of carbonyl (C=O) groups excluding carboxylic acids is 1. The summed E-state index contributed by atoms with van der Waals surface area (Å²) in [6, 6.07) is 7.65. The van der Waals surface area contributed by atoms with Crippen LogP contribution in [0.15, 0.2) is 29.3 Å². The predicted molar refractivity (Wildman–Crippen MR) is 60.0 cm³/mol. The molecule has 0 saturated carbocycles. The zero-order valence-electron chi connectivity index (χ0n) is 8.77. The lowest BCUT2D eigenvalue weighted by Gasteiger charge is -2.18. The summed E-state index contributed by atoms with van der Waals surface area (Å²) in [5.41, 5.74) is 8.28. The summed E-state index contributed by atoms with van der Waals surface area (Å²) in [7, 11) is 1.72. The van der Waals surface area contributed by atoms with E-state index in [0.717, 1.165) is 17.0 Å². The van der Waals surface area contributed by atoms with Crippen LogP contribution < -0.4 is 10.6 Å². The molecular weight excluding hydrogens is 190 g/mol. The molecule has 1 amide bonds. The number of benzodiazepines with no additional fused rings is 1. The van der Waals surface area contributed by atoms with Gasteiger partial charge in [0.1, 0.15) is 0 Å². The van der Waals surface area contributed by atoms with E-state index < -0.39 is 6.17 Å². The Morgan fingerprint density at radius 3 is 2.80 bits per heavy atom. The first-order valence-corrected chi connectivity index (χ1v) is 4.78. The Balaban J connectivity index is 2.63. The number of amides is 1. The number of para-hydroxylation sites is 1. The van der Waals surface area contributed by atoms with E-state index in [1.807, 2.05) is 31.2 Å². The van der Waals surface area contributed by atoms with Gasteiger partial charge in [-0.25, -0.2) is 0 Å². The number of anilines is 1. The quantitative estimate of drug-likeness (QED) is 0.676. The number of likely N-dealkylation sites (N-methyl/N-ethyl adjacent to an activating group) is 1. The van der Waals surface area contributed by atoms with Crippen molar-refractivity contribution in [2.45, 2.75) is 13.1 Å². The summed E-state index contributed by atoms with van der Waals surface area (Å²) < 4.78 is 0. The summed E-state index contributed by atoms with van der Waals surface area (Å²) in [4.78, 5) is 17.5. The highest BCUT2D eigenvalue weighted by Gasteiger charge is 2.24. The molecule has 1 unspecified atom stereocenters. The van der Waals surface area contributed by atoms with Crippen LogP contribution in [0.1, 0.15) is 12.5 Å². The Morgan fingerprint density at radius 2 is 2.07 bits per heavy atom. The summed E-state index contributed by atoms with van der Waals surface area (Å²) in [5, 5.41) is 0.